The first kappa shape index (κ1) is 29.0. The number of amides is 1. The second-order valence-electron chi connectivity index (χ2n) is 9.31. The highest BCUT2D eigenvalue weighted by molar-refractivity contribution is 6.37. The molecule has 0 heterocycles. The normalized spacial score (nSPS) is 11.0. The van der Waals surface area contributed by atoms with E-state index in [1.807, 2.05) is 61.5 Å². The molecule has 5 aromatic rings. The molecule has 0 fully saturated rings. The van der Waals surface area contributed by atoms with Crippen LogP contribution in [0, 0.1) is 0 Å². The van der Waals surface area contributed by atoms with Crippen molar-refractivity contribution in [2.75, 3.05) is 6.61 Å². The number of ether oxygens (including phenoxy) is 3. The van der Waals surface area contributed by atoms with Crippen molar-refractivity contribution in [1.82, 2.24) is 5.43 Å². The molecule has 1 amide bonds. The van der Waals surface area contributed by atoms with Gasteiger partial charge >= 0.3 is 0 Å². The zero-order valence-electron chi connectivity index (χ0n) is 22.8. The lowest BCUT2D eigenvalue weighted by Crippen LogP contribution is -2.17. The van der Waals surface area contributed by atoms with Gasteiger partial charge in [-0.15, -0.1) is 0 Å². The molecule has 0 radical (unpaired) electrons. The molecule has 212 valence electrons. The lowest BCUT2D eigenvalue weighted by molar-refractivity contribution is 0.0954. The molecule has 0 bridgehead atoms. The van der Waals surface area contributed by atoms with Crippen LogP contribution in [0.15, 0.2) is 108 Å². The largest absolute Gasteiger partial charge is 0.490 e. The fourth-order valence-corrected chi connectivity index (χ4v) is 4.98. The van der Waals surface area contributed by atoms with Gasteiger partial charge in [-0.05, 0) is 64.7 Å². The van der Waals surface area contributed by atoms with E-state index < -0.39 is 5.91 Å². The molecule has 0 aromatic heterocycles. The standard InChI is InChI=1S/C34H28Cl2N2O4/c1-2-40-32-19-26(15-16-31(32)41-21-23-9-4-3-5-10-23)34(39)38-37-20-24-17-29(35)33(30(36)18-24)42-22-27-13-8-12-25-11-6-7-14-28(25)27/h3-20H,2,21-22H2,1H3,(H,38,39)/b37-20+. The molecule has 1 N–H and O–H groups in total. The van der Waals surface area contributed by atoms with Crippen LogP contribution >= 0.6 is 23.2 Å². The molecule has 0 unspecified atom stereocenters. The minimum Gasteiger partial charge on any atom is -0.490 e. The van der Waals surface area contributed by atoms with Crippen molar-refractivity contribution in [2.45, 2.75) is 20.1 Å². The van der Waals surface area contributed by atoms with Gasteiger partial charge < -0.3 is 14.2 Å². The Labute approximate surface area is 254 Å². The SMILES string of the molecule is CCOc1cc(C(=O)N/N=C/c2cc(Cl)c(OCc3cccc4ccccc34)c(Cl)c2)ccc1OCc1ccccc1. The minimum absolute atomic E-state index is 0.310. The molecule has 0 aliphatic rings. The predicted octanol–water partition coefficient (Wildman–Crippen LogP) is 8.47. The first-order valence-electron chi connectivity index (χ1n) is 13.4. The molecule has 42 heavy (non-hydrogen) atoms. The summed E-state index contributed by atoms with van der Waals surface area (Å²) in [4.78, 5) is 12.8. The van der Waals surface area contributed by atoms with Gasteiger partial charge in [0.15, 0.2) is 17.2 Å². The Morgan fingerprint density at radius 1 is 0.786 bits per heavy atom. The average molecular weight is 600 g/mol. The smallest absolute Gasteiger partial charge is 0.271 e. The number of nitrogens with one attached hydrogen (secondary N) is 1. The van der Waals surface area contributed by atoms with E-state index in [2.05, 4.69) is 28.7 Å². The van der Waals surface area contributed by atoms with Crippen LogP contribution in [0.2, 0.25) is 10.0 Å². The van der Waals surface area contributed by atoms with Crippen molar-refractivity contribution in [3.8, 4) is 17.2 Å². The Hall–Kier alpha value is -4.52. The van der Waals surface area contributed by atoms with Gasteiger partial charge in [0, 0.05) is 5.56 Å². The van der Waals surface area contributed by atoms with E-state index in [1.54, 1.807) is 30.3 Å². The lowest BCUT2D eigenvalue weighted by Gasteiger charge is -2.13. The first-order chi connectivity index (χ1) is 20.5. The third-order valence-electron chi connectivity index (χ3n) is 6.40. The van der Waals surface area contributed by atoms with Crippen LogP contribution in [-0.4, -0.2) is 18.7 Å². The molecule has 6 nitrogen and oxygen atoms in total. The van der Waals surface area contributed by atoms with Gasteiger partial charge in [0.25, 0.3) is 5.91 Å². The number of nitrogens with zero attached hydrogens (tertiary/aromatic N) is 1. The van der Waals surface area contributed by atoms with Crippen molar-refractivity contribution in [2.24, 2.45) is 5.10 Å². The monoisotopic (exact) mass is 598 g/mol. The molecule has 8 heteroatoms. The molecule has 0 aliphatic carbocycles. The summed E-state index contributed by atoms with van der Waals surface area (Å²) in [6.07, 6.45) is 1.46. The summed E-state index contributed by atoms with van der Waals surface area (Å²) in [5.74, 6) is 0.995. The summed E-state index contributed by atoms with van der Waals surface area (Å²) in [6.45, 7) is 2.99. The lowest BCUT2D eigenvalue weighted by atomic mass is 10.1. The van der Waals surface area contributed by atoms with E-state index in [0.29, 0.717) is 58.2 Å². The fourth-order valence-electron chi connectivity index (χ4n) is 4.36. The highest BCUT2D eigenvalue weighted by atomic mass is 35.5. The molecular formula is C34H28Cl2N2O4. The highest BCUT2D eigenvalue weighted by Crippen LogP contribution is 2.35. The second-order valence-corrected chi connectivity index (χ2v) is 10.1. The quantitative estimate of drug-likeness (QED) is 0.122. The molecule has 0 spiro atoms. The van der Waals surface area contributed by atoms with E-state index in [1.165, 1.54) is 6.21 Å². The van der Waals surface area contributed by atoms with Gasteiger partial charge in [-0.3, -0.25) is 4.79 Å². The van der Waals surface area contributed by atoms with Gasteiger partial charge in [-0.2, -0.15) is 5.10 Å². The van der Waals surface area contributed by atoms with Crippen LogP contribution < -0.4 is 19.6 Å². The van der Waals surface area contributed by atoms with Crippen molar-refractivity contribution in [3.05, 3.63) is 135 Å². The van der Waals surface area contributed by atoms with Crippen LogP contribution in [0.5, 0.6) is 17.2 Å². The molecule has 0 atom stereocenters. The number of halogens is 2. The maximum atomic E-state index is 12.8. The molecule has 5 aromatic carbocycles. The van der Waals surface area contributed by atoms with Gasteiger partial charge in [-0.1, -0.05) is 96.0 Å². The first-order valence-corrected chi connectivity index (χ1v) is 14.1. The average Bonchev–Trinajstić information content (AvgIpc) is 3.00. The predicted molar refractivity (Wildman–Crippen MR) is 168 cm³/mol. The summed E-state index contributed by atoms with van der Waals surface area (Å²) < 4.78 is 17.6. The number of carbonyl (C=O) groups excluding carboxylic acids is 1. The Bertz CT molecular complexity index is 1700. The Kier molecular flexibility index (Phi) is 9.59. The van der Waals surface area contributed by atoms with Crippen LogP contribution in [0.4, 0.5) is 0 Å². The molecule has 0 saturated heterocycles. The number of fused-ring (bicyclic) bond motifs is 1. The number of rotatable bonds is 11. The topological polar surface area (TPSA) is 69.2 Å². The Morgan fingerprint density at radius 3 is 2.31 bits per heavy atom. The van der Waals surface area contributed by atoms with Crippen molar-refractivity contribution in [1.29, 1.82) is 0 Å². The number of hydrogen-bond acceptors (Lipinski definition) is 5. The second kappa shape index (κ2) is 13.9. The van der Waals surface area contributed by atoms with Crippen LogP contribution in [-0.2, 0) is 13.2 Å². The summed E-state index contributed by atoms with van der Waals surface area (Å²) >= 11 is 13.0. The number of hydrazone groups is 1. The number of benzene rings is 5. The zero-order chi connectivity index (χ0) is 29.3. The number of hydrogen-bond donors (Lipinski definition) is 1. The third kappa shape index (κ3) is 7.21. The molecule has 5 rings (SSSR count). The molecule has 0 aliphatic heterocycles. The third-order valence-corrected chi connectivity index (χ3v) is 6.96. The van der Waals surface area contributed by atoms with E-state index >= 15 is 0 Å². The van der Waals surface area contributed by atoms with Crippen molar-refractivity contribution in [3.63, 3.8) is 0 Å². The number of carbonyl (C=O) groups is 1. The highest BCUT2D eigenvalue weighted by Gasteiger charge is 2.13. The van der Waals surface area contributed by atoms with Gasteiger partial charge in [0.05, 0.1) is 22.9 Å². The summed E-state index contributed by atoms with van der Waals surface area (Å²) in [5.41, 5.74) is 5.55. The fraction of sp³-hybridized carbons (Fsp3) is 0.118. The van der Waals surface area contributed by atoms with Crippen LogP contribution in [0.25, 0.3) is 10.8 Å². The summed E-state index contributed by atoms with van der Waals surface area (Å²) in [7, 11) is 0. The zero-order valence-corrected chi connectivity index (χ0v) is 24.4. The van der Waals surface area contributed by atoms with Crippen molar-refractivity contribution < 1.29 is 19.0 Å². The van der Waals surface area contributed by atoms with Gasteiger partial charge in [0.1, 0.15) is 13.2 Å². The van der Waals surface area contributed by atoms with Crippen molar-refractivity contribution >= 4 is 46.1 Å². The Balaban J connectivity index is 1.22. The van der Waals surface area contributed by atoms with E-state index in [-0.39, 0.29) is 0 Å². The van der Waals surface area contributed by atoms with Crippen LogP contribution in [0.3, 0.4) is 0 Å². The molecular weight excluding hydrogens is 571 g/mol. The molecule has 0 saturated carbocycles. The summed E-state index contributed by atoms with van der Waals surface area (Å²) in [5, 5.41) is 6.99. The van der Waals surface area contributed by atoms with E-state index in [4.69, 9.17) is 37.4 Å². The van der Waals surface area contributed by atoms with E-state index in [9.17, 15) is 4.79 Å². The maximum absolute atomic E-state index is 12.8. The minimum atomic E-state index is -0.408. The van der Waals surface area contributed by atoms with Gasteiger partial charge in [0.2, 0.25) is 0 Å². The maximum Gasteiger partial charge on any atom is 0.271 e. The summed E-state index contributed by atoms with van der Waals surface area (Å²) in [6, 6.07) is 32.3. The van der Waals surface area contributed by atoms with Crippen LogP contribution in [0.1, 0.15) is 34.0 Å². The van der Waals surface area contributed by atoms with E-state index in [0.717, 1.165) is 21.9 Å². The van der Waals surface area contributed by atoms with Gasteiger partial charge in [-0.25, -0.2) is 5.43 Å². The Morgan fingerprint density at radius 2 is 1.52 bits per heavy atom.